The van der Waals surface area contributed by atoms with E-state index >= 15 is 0 Å². The molecule has 0 saturated carbocycles. The van der Waals surface area contributed by atoms with Crippen molar-refractivity contribution in [2.75, 3.05) is 6.61 Å². The standard InChI is InChI=1S/C20H30BN3O5/c1-13(2)9-20(7,24-17(25)26)12-27-16-14(10-22)8-15(11-23-16)21-28-18(3,4)19(5,6)29-21/h8,11,13,24H,9,12H2,1-7H3,(H,25,26). The molecule has 2 heterocycles. The average Bonchev–Trinajstić information content (AvgIpc) is 2.79. The molecule has 1 amide bonds. The number of nitriles is 1. The zero-order valence-electron chi connectivity index (χ0n) is 18.2. The first-order valence-electron chi connectivity index (χ1n) is 9.68. The van der Waals surface area contributed by atoms with Gasteiger partial charge in [-0.05, 0) is 53.0 Å². The number of aromatic nitrogens is 1. The minimum atomic E-state index is -1.12. The summed E-state index contributed by atoms with van der Waals surface area (Å²) < 4.78 is 17.8. The summed E-state index contributed by atoms with van der Waals surface area (Å²) in [4.78, 5) is 15.4. The summed E-state index contributed by atoms with van der Waals surface area (Å²) in [5.41, 5.74) is -0.943. The Kier molecular flexibility index (Phi) is 6.50. The van der Waals surface area contributed by atoms with E-state index in [1.807, 2.05) is 41.5 Å². The molecular formula is C20H30BN3O5. The van der Waals surface area contributed by atoms with Crippen LogP contribution in [0, 0.1) is 17.2 Å². The number of hydrogen-bond acceptors (Lipinski definition) is 6. The summed E-state index contributed by atoms with van der Waals surface area (Å²) in [7, 11) is -0.631. The highest BCUT2D eigenvalue weighted by Gasteiger charge is 2.52. The lowest BCUT2D eigenvalue weighted by Crippen LogP contribution is -2.50. The van der Waals surface area contributed by atoms with Crippen molar-refractivity contribution in [3.8, 4) is 11.9 Å². The molecule has 1 atom stereocenters. The topological polar surface area (TPSA) is 114 Å². The Hall–Kier alpha value is -2.31. The van der Waals surface area contributed by atoms with Crippen molar-refractivity contribution in [3.63, 3.8) is 0 Å². The van der Waals surface area contributed by atoms with Gasteiger partial charge in [0.15, 0.2) is 0 Å². The summed E-state index contributed by atoms with van der Waals surface area (Å²) in [6.07, 6.45) is 1.01. The lowest BCUT2D eigenvalue weighted by Gasteiger charge is -2.32. The summed E-state index contributed by atoms with van der Waals surface area (Å²) in [5.74, 6) is 0.402. The lowest BCUT2D eigenvalue weighted by molar-refractivity contribution is 0.00578. The van der Waals surface area contributed by atoms with Crippen molar-refractivity contribution < 1.29 is 23.9 Å². The van der Waals surface area contributed by atoms with E-state index < -0.39 is 30.0 Å². The normalized spacial score (nSPS) is 19.5. The molecule has 1 aromatic heterocycles. The van der Waals surface area contributed by atoms with E-state index in [1.54, 1.807) is 19.2 Å². The molecule has 158 valence electrons. The zero-order chi connectivity index (χ0) is 22.0. The molecule has 0 aromatic carbocycles. The molecule has 1 aliphatic rings. The first kappa shape index (κ1) is 23.0. The van der Waals surface area contributed by atoms with Gasteiger partial charge in [-0.15, -0.1) is 0 Å². The highest BCUT2D eigenvalue weighted by Crippen LogP contribution is 2.36. The minimum Gasteiger partial charge on any atom is -0.474 e. The van der Waals surface area contributed by atoms with E-state index in [2.05, 4.69) is 16.4 Å². The largest absolute Gasteiger partial charge is 0.496 e. The number of pyridine rings is 1. The minimum absolute atomic E-state index is 0.0506. The smallest absolute Gasteiger partial charge is 0.474 e. The quantitative estimate of drug-likeness (QED) is 0.673. The molecule has 1 unspecified atom stereocenters. The Bertz CT molecular complexity index is 790. The molecule has 2 N–H and O–H groups in total. The number of hydrogen-bond donors (Lipinski definition) is 2. The summed E-state index contributed by atoms with van der Waals surface area (Å²) in [6.45, 7) is 13.6. The fraction of sp³-hybridized carbons (Fsp3) is 0.650. The molecule has 8 nitrogen and oxygen atoms in total. The van der Waals surface area contributed by atoms with Crippen LogP contribution in [0.4, 0.5) is 4.79 Å². The maximum absolute atomic E-state index is 11.2. The van der Waals surface area contributed by atoms with Crippen LogP contribution in [0.1, 0.15) is 60.5 Å². The zero-order valence-corrected chi connectivity index (χ0v) is 18.2. The van der Waals surface area contributed by atoms with Gasteiger partial charge in [0.05, 0.1) is 16.7 Å². The number of nitrogens with one attached hydrogen (secondary N) is 1. The van der Waals surface area contributed by atoms with Crippen LogP contribution < -0.4 is 15.5 Å². The van der Waals surface area contributed by atoms with Gasteiger partial charge in [0.25, 0.3) is 0 Å². The van der Waals surface area contributed by atoms with Crippen LogP contribution in [0.25, 0.3) is 0 Å². The number of amides is 1. The molecule has 0 radical (unpaired) electrons. The van der Waals surface area contributed by atoms with Crippen LogP contribution in [0.3, 0.4) is 0 Å². The van der Waals surface area contributed by atoms with Crippen molar-refractivity contribution in [2.45, 2.75) is 71.6 Å². The maximum Gasteiger partial charge on any atom is 0.496 e. The number of carbonyl (C=O) groups is 1. The Balaban J connectivity index is 2.19. The SMILES string of the molecule is CC(C)CC(C)(COc1ncc(B2OC(C)(C)C(C)(C)O2)cc1C#N)NC(=O)O. The molecule has 9 heteroatoms. The molecule has 0 spiro atoms. The van der Waals surface area contributed by atoms with Crippen LogP contribution in [-0.2, 0) is 9.31 Å². The fourth-order valence-corrected chi connectivity index (χ4v) is 3.30. The van der Waals surface area contributed by atoms with Gasteiger partial charge in [-0.2, -0.15) is 5.26 Å². The van der Waals surface area contributed by atoms with E-state index in [0.29, 0.717) is 11.9 Å². The van der Waals surface area contributed by atoms with Gasteiger partial charge in [-0.25, -0.2) is 9.78 Å². The Labute approximate surface area is 172 Å². The molecule has 1 saturated heterocycles. The third kappa shape index (κ3) is 5.40. The molecule has 1 aliphatic heterocycles. The van der Waals surface area contributed by atoms with Gasteiger partial charge < -0.3 is 24.5 Å². The monoisotopic (exact) mass is 403 g/mol. The Morgan fingerprint density at radius 3 is 2.45 bits per heavy atom. The number of ether oxygens (including phenoxy) is 1. The summed E-state index contributed by atoms with van der Waals surface area (Å²) in [6, 6.07) is 3.72. The van der Waals surface area contributed by atoms with E-state index in [-0.39, 0.29) is 24.0 Å². The van der Waals surface area contributed by atoms with Crippen LogP contribution in [-0.4, -0.2) is 46.7 Å². The Morgan fingerprint density at radius 2 is 1.97 bits per heavy atom. The van der Waals surface area contributed by atoms with Gasteiger partial charge in [-0.1, -0.05) is 13.8 Å². The van der Waals surface area contributed by atoms with Crippen molar-refractivity contribution in [1.82, 2.24) is 10.3 Å². The fourth-order valence-electron chi connectivity index (χ4n) is 3.30. The van der Waals surface area contributed by atoms with Crippen LogP contribution >= 0.6 is 0 Å². The molecule has 1 aromatic rings. The van der Waals surface area contributed by atoms with E-state index in [4.69, 9.17) is 19.2 Å². The van der Waals surface area contributed by atoms with Gasteiger partial charge in [0, 0.05) is 11.7 Å². The summed E-state index contributed by atoms with van der Waals surface area (Å²) >= 11 is 0. The first-order valence-corrected chi connectivity index (χ1v) is 9.68. The van der Waals surface area contributed by atoms with Gasteiger partial charge in [-0.3, -0.25) is 0 Å². The molecule has 29 heavy (non-hydrogen) atoms. The molecule has 1 fully saturated rings. The van der Waals surface area contributed by atoms with Crippen molar-refractivity contribution in [2.24, 2.45) is 5.92 Å². The first-order chi connectivity index (χ1) is 13.3. The van der Waals surface area contributed by atoms with Crippen molar-refractivity contribution in [3.05, 3.63) is 17.8 Å². The predicted octanol–water partition coefficient (Wildman–Crippen LogP) is 2.70. The van der Waals surface area contributed by atoms with Gasteiger partial charge in [0.2, 0.25) is 5.88 Å². The highest BCUT2D eigenvalue weighted by atomic mass is 16.7. The molecule has 0 bridgehead atoms. The van der Waals surface area contributed by atoms with Crippen LogP contribution in [0.15, 0.2) is 12.3 Å². The van der Waals surface area contributed by atoms with E-state index in [1.165, 1.54) is 0 Å². The number of nitrogens with zero attached hydrogens (tertiary/aromatic N) is 2. The maximum atomic E-state index is 11.2. The van der Waals surface area contributed by atoms with Crippen molar-refractivity contribution >= 4 is 18.7 Å². The Morgan fingerprint density at radius 1 is 1.38 bits per heavy atom. The molecule has 0 aliphatic carbocycles. The lowest BCUT2D eigenvalue weighted by atomic mass is 9.80. The second-order valence-corrected chi connectivity index (χ2v) is 9.20. The number of carboxylic acid groups (broad SMARTS) is 1. The second kappa shape index (κ2) is 8.21. The summed E-state index contributed by atoms with van der Waals surface area (Å²) in [5, 5.41) is 21.2. The van der Waals surface area contributed by atoms with Crippen LogP contribution in [0.2, 0.25) is 0 Å². The molecule has 2 rings (SSSR count). The van der Waals surface area contributed by atoms with Crippen molar-refractivity contribution in [1.29, 1.82) is 5.26 Å². The van der Waals surface area contributed by atoms with E-state index in [0.717, 1.165) is 0 Å². The van der Waals surface area contributed by atoms with Gasteiger partial charge >= 0.3 is 13.2 Å². The highest BCUT2D eigenvalue weighted by molar-refractivity contribution is 6.62. The predicted molar refractivity (Wildman–Crippen MR) is 109 cm³/mol. The van der Waals surface area contributed by atoms with Crippen LogP contribution in [0.5, 0.6) is 5.88 Å². The van der Waals surface area contributed by atoms with Gasteiger partial charge in [0.1, 0.15) is 18.2 Å². The average molecular weight is 403 g/mol. The third-order valence-corrected chi connectivity index (χ3v) is 5.31. The third-order valence-electron chi connectivity index (χ3n) is 5.31. The number of rotatable bonds is 7. The molecular weight excluding hydrogens is 373 g/mol. The second-order valence-electron chi connectivity index (χ2n) is 9.20. The van der Waals surface area contributed by atoms with E-state index in [9.17, 15) is 10.1 Å².